The van der Waals surface area contributed by atoms with Gasteiger partial charge in [-0.15, -0.1) is 0 Å². The Bertz CT molecular complexity index is 1030. The van der Waals surface area contributed by atoms with Gasteiger partial charge in [-0.05, 0) is 42.0 Å². The number of aliphatic imine (C=N–C) groups is 1. The van der Waals surface area contributed by atoms with Gasteiger partial charge in [-0.1, -0.05) is 42.1 Å². The van der Waals surface area contributed by atoms with Crippen LogP contribution in [0, 0.1) is 0 Å². The third-order valence-corrected chi connectivity index (χ3v) is 5.39. The van der Waals surface area contributed by atoms with Crippen LogP contribution in [-0.4, -0.2) is 24.3 Å². The topological polar surface area (TPSA) is 52.9 Å². The summed E-state index contributed by atoms with van der Waals surface area (Å²) in [5.74, 6) is -0.975. The summed E-state index contributed by atoms with van der Waals surface area (Å²) in [6.07, 6.45) is 1.71. The van der Waals surface area contributed by atoms with Crippen LogP contribution in [0.5, 0.6) is 0 Å². The molecule has 1 heterocycles. The second-order valence-electron chi connectivity index (χ2n) is 5.94. The van der Waals surface area contributed by atoms with Crippen molar-refractivity contribution in [3.05, 3.63) is 77.9 Å². The van der Waals surface area contributed by atoms with E-state index >= 15 is 0 Å². The number of hydrogen-bond donors (Lipinski definition) is 1. The maximum absolute atomic E-state index is 11.3. The smallest absolute Gasteiger partial charge is 0.337 e. The molecule has 0 radical (unpaired) electrons. The van der Waals surface area contributed by atoms with Gasteiger partial charge in [0.1, 0.15) is 0 Å². The van der Waals surface area contributed by atoms with Gasteiger partial charge in [-0.2, -0.15) is 0 Å². The molecule has 0 atom stereocenters. The fourth-order valence-corrected chi connectivity index (χ4v) is 4.15. The normalized spacial score (nSPS) is 12.7. The summed E-state index contributed by atoms with van der Waals surface area (Å²) in [7, 11) is 2.06. The molecule has 0 saturated heterocycles. The zero-order valence-corrected chi connectivity index (χ0v) is 14.9. The van der Waals surface area contributed by atoms with E-state index in [0.29, 0.717) is 5.69 Å². The van der Waals surface area contributed by atoms with Crippen LogP contribution < -0.4 is 4.90 Å². The summed E-state index contributed by atoms with van der Waals surface area (Å²) < 4.78 is 0. The Labute approximate surface area is 155 Å². The number of fused-ring (bicyclic) bond motifs is 2. The van der Waals surface area contributed by atoms with E-state index in [2.05, 4.69) is 41.2 Å². The van der Waals surface area contributed by atoms with Crippen molar-refractivity contribution in [1.82, 2.24) is 0 Å². The maximum atomic E-state index is 11.3. The minimum atomic E-state index is -0.975. The summed E-state index contributed by atoms with van der Waals surface area (Å²) in [5, 5.41) is 9.26. The van der Waals surface area contributed by atoms with Crippen LogP contribution in [0.2, 0.25) is 0 Å². The third-order valence-electron chi connectivity index (χ3n) is 4.28. The molecule has 0 amide bonds. The maximum Gasteiger partial charge on any atom is 0.337 e. The highest BCUT2D eigenvalue weighted by molar-refractivity contribution is 7.99. The quantitative estimate of drug-likeness (QED) is 0.638. The van der Waals surface area contributed by atoms with E-state index < -0.39 is 5.97 Å². The SMILES string of the molecule is CN1c2ccccc2Sc2cc(C=Nc3ccccc3C(=O)O)ccc21. The zero-order chi connectivity index (χ0) is 18.1. The lowest BCUT2D eigenvalue weighted by Gasteiger charge is -2.29. The molecule has 0 saturated carbocycles. The lowest BCUT2D eigenvalue weighted by Crippen LogP contribution is -2.14. The van der Waals surface area contributed by atoms with Crippen LogP contribution in [0.4, 0.5) is 17.1 Å². The van der Waals surface area contributed by atoms with Crippen molar-refractivity contribution in [2.75, 3.05) is 11.9 Å². The monoisotopic (exact) mass is 360 g/mol. The number of hydrogen-bond acceptors (Lipinski definition) is 4. The van der Waals surface area contributed by atoms with Crippen LogP contribution in [0.15, 0.2) is 81.5 Å². The van der Waals surface area contributed by atoms with Gasteiger partial charge < -0.3 is 10.0 Å². The minimum absolute atomic E-state index is 0.199. The number of carboxylic acids is 1. The number of anilines is 2. The molecular weight excluding hydrogens is 344 g/mol. The zero-order valence-electron chi connectivity index (χ0n) is 14.1. The fraction of sp³-hybridized carbons (Fsp3) is 0.0476. The average molecular weight is 360 g/mol. The van der Waals surface area contributed by atoms with E-state index in [1.807, 2.05) is 18.2 Å². The molecule has 4 nitrogen and oxygen atoms in total. The number of para-hydroxylation sites is 2. The summed E-state index contributed by atoms with van der Waals surface area (Å²) >= 11 is 1.73. The van der Waals surface area contributed by atoms with E-state index in [-0.39, 0.29) is 5.56 Å². The van der Waals surface area contributed by atoms with Crippen LogP contribution >= 0.6 is 11.8 Å². The number of aromatic carboxylic acids is 1. The highest BCUT2D eigenvalue weighted by atomic mass is 32.2. The lowest BCUT2D eigenvalue weighted by molar-refractivity contribution is 0.0698. The molecule has 0 spiro atoms. The second-order valence-corrected chi connectivity index (χ2v) is 7.02. The van der Waals surface area contributed by atoms with Crippen LogP contribution in [0.1, 0.15) is 15.9 Å². The lowest BCUT2D eigenvalue weighted by atomic mass is 10.1. The number of carbonyl (C=O) groups is 1. The van der Waals surface area contributed by atoms with E-state index in [1.54, 1.807) is 42.2 Å². The first kappa shape index (κ1) is 16.4. The first-order valence-corrected chi connectivity index (χ1v) is 8.96. The number of rotatable bonds is 3. The van der Waals surface area contributed by atoms with Crippen molar-refractivity contribution in [2.45, 2.75) is 9.79 Å². The van der Waals surface area contributed by atoms with Gasteiger partial charge in [0.15, 0.2) is 0 Å². The third kappa shape index (κ3) is 2.97. The van der Waals surface area contributed by atoms with Gasteiger partial charge >= 0.3 is 5.97 Å². The summed E-state index contributed by atoms with van der Waals surface area (Å²) in [6.45, 7) is 0. The molecule has 0 bridgehead atoms. The Morgan fingerprint density at radius 2 is 1.73 bits per heavy atom. The molecule has 1 N–H and O–H groups in total. The molecule has 5 heteroatoms. The first-order chi connectivity index (χ1) is 12.6. The molecule has 0 aliphatic carbocycles. The largest absolute Gasteiger partial charge is 0.478 e. The second kappa shape index (κ2) is 6.69. The van der Waals surface area contributed by atoms with Gasteiger partial charge in [0, 0.05) is 23.1 Å². The van der Waals surface area contributed by atoms with Gasteiger partial charge in [-0.25, -0.2) is 4.79 Å². The van der Waals surface area contributed by atoms with Crippen molar-refractivity contribution >= 4 is 41.0 Å². The molecular formula is C21H16N2O2S. The summed E-state index contributed by atoms with van der Waals surface area (Å²) in [4.78, 5) is 20.2. The molecule has 3 aromatic rings. The van der Waals surface area contributed by atoms with Gasteiger partial charge in [0.05, 0.1) is 22.6 Å². The molecule has 0 fully saturated rings. The molecule has 128 valence electrons. The molecule has 3 aromatic carbocycles. The Morgan fingerprint density at radius 1 is 1.00 bits per heavy atom. The van der Waals surface area contributed by atoms with Crippen molar-refractivity contribution in [2.24, 2.45) is 4.99 Å². The standard InChI is InChI=1S/C21H16N2O2S/c1-23-17-8-4-5-9-19(17)26-20-12-14(10-11-18(20)23)13-22-16-7-3-2-6-15(16)21(24)25/h2-13H,1H3,(H,24,25). The van der Waals surface area contributed by atoms with E-state index in [0.717, 1.165) is 16.1 Å². The first-order valence-electron chi connectivity index (χ1n) is 8.14. The fourth-order valence-electron chi connectivity index (χ4n) is 2.95. The van der Waals surface area contributed by atoms with Crippen molar-refractivity contribution in [1.29, 1.82) is 0 Å². The van der Waals surface area contributed by atoms with Crippen LogP contribution in [0.3, 0.4) is 0 Å². The predicted molar refractivity (Wildman–Crippen MR) is 106 cm³/mol. The molecule has 4 rings (SSSR count). The highest BCUT2D eigenvalue weighted by Gasteiger charge is 2.20. The van der Waals surface area contributed by atoms with Crippen LogP contribution in [0.25, 0.3) is 0 Å². The Hall–Kier alpha value is -3.05. The van der Waals surface area contributed by atoms with Crippen LogP contribution in [-0.2, 0) is 0 Å². The predicted octanol–water partition coefficient (Wildman–Crippen LogP) is 5.37. The molecule has 0 aromatic heterocycles. The van der Waals surface area contributed by atoms with Crippen molar-refractivity contribution in [3.63, 3.8) is 0 Å². The van der Waals surface area contributed by atoms with Gasteiger partial charge in [-0.3, -0.25) is 4.99 Å². The number of carboxylic acid groups (broad SMARTS) is 1. The average Bonchev–Trinajstić information content (AvgIpc) is 2.66. The molecule has 26 heavy (non-hydrogen) atoms. The molecule has 0 unspecified atom stereocenters. The summed E-state index contributed by atoms with van der Waals surface area (Å²) in [5.41, 5.74) is 3.93. The van der Waals surface area contributed by atoms with E-state index in [1.165, 1.54) is 10.6 Å². The van der Waals surface area contributed by atoms with E-state index in [4.69, 9.17) is 0 Å². The van der Waals surface area contributed by atoms with Gasteiger partial charge in [0.2, 0.25) is 0 Å². The number of benzene rings is 3. The Kier molecular flexibility index (Phi) is 4.22. The van der Waals surface area contributed by atoms with E-state index in [9.17, 15) is 9.90 Å². The van der Waals surface area contributed by atoms with Gasteiger partial charge in [0.25, 0.3) is 0 Å². The highest BCUT2D eigenvalue weighted by Crippen LogP contribution is 2.47. The Morgan fingerprint density at radius 3 is 2.58 bits per heavy atom. The molecule has 1 aliphatic rings. The molecule has 1 aliphatic heterocycles. The Balaban J connectivity index is 1.66. The van der Waals surface area contributed by atoms with Crippen molar-refractivity contribution < 1.29 is 9.90 Å². The minimum Gasteiger partial charge on any atom is -0.478 e. The van der Waals surface area contributed by atoms with Crippen molar-refractivity contribution in [3.8, 4) is 0 Å². The summed E-state index contributed by atoms with van der Waals surface area (Å²) in [6, 6.07) is 21.2. The number of nitrogens with zero attached hydrogens (tertiary/aromatic N) is 2.